The van der Waals surface area contributed by atoms with Crippen molar-refractivity contribution in [2.75, 3.05) is 12.8 Å². The fourth-order valence-electron chi connectivity index (χ4n) is 2.50. The van der Waals surface area contributed by atoms with Crippen molar-refractivity contribution >= 4 is 28.6 Å². The van der Waals surface area contributed by atoms with Crippen LogP contribution in [-0.2, 0) is 17.9 Å². The average molecular weight is 357 g/mol. The lowest BCUT2D eigenvalue weighted by Gasteiger charge is -2.16. The van der Waals surface area contributed by atoms with Crippen LogP contribution in [0.25, 0.3) is 10.9 Å². The second-order valence-electron chi connectivity index (χ2n) is 5.58. The highest BCUT2D eigenvalue weighted by molar-refractivity contribution is 7.99. The molecule has 0 atom stereocenters. The van der Waals surface area contributed by atoms with E-state index in [2.05, 4.69) is 4.98 Å². The number of thioether (sulfide) groups is 1. The van der Waals surface area contributed by atoms with Gasteiger partial charge in [-0.3, -0.25) is 14.2 Å². The molecule has 2 heterocycles. The van der Waals surface area contributed by atoms with Crippen molar-refractivity contribution in [1.29, 1.82) is 0 Å². The summed E-state index contributed by atoms with van der Waals surface area (Å²) >= 11 is 1.28. The van der Waals surface area contributed by atoms with E-state index >= 15 is 0 Å². The summed E-state index contributed by atoms with van der Waals surface area (Å²) in [6.45, 7) is 2.82. The minimum atomic E-state index is -0.0769. The molecule has 0 radical (unpaired) electrons. The molecule has 3 aromatic rings. The highest BCUT2D eigenvalue weighted by atomic mass is 32.2. The van der Waals surface area contributed by atoms with E-state index in [1.54, 1.807) is 34.9 Å². The van der Waals surface area contributed by atoms with E-state index in [-0.39, 0.29) is 17.2 Å². The minimum absolute atomic E-state index is 0.0496. The first-order valence-corrected chi connectivity index (χ1v) is 8.97. The zero-order valence-corrected chi connectivity index (χ0v) is 15.0. The maximum atomic E-state index is 12.6. The van der Waals surface area contributed by atoms with E-state index in [4.69, 9.17) is 4.42 Å². The number of benzene rings is 1. The van der Waals surface area contributed by atoms with Crippen LogP contribution in [0.3, 0.4) is 0 Å². The van der Waals surface area contributed by atoms with Crippen molar-refractivity contribution in [3.63, 3.8) is 0 Å². The molecule has 7 heteroatoms. The average Bonchev–Trinajstić information content (AvgIpc) is 3.12. The van der Waals surface area contributed by atoms with Crippen LogP contribution >= 0.6 is 11.8 Å². The number of aromatic nitrogens is 2. The van der Waals surface area contributed by atoms with Crippen LogP contribution in [-0.4, -0.2) is 33.2 Å². The van der Waals surface area contributed by atoms with Gasteiger partial charge in [0, 0.05) is 13.6 Å². The van der Waals surface area contributed by atoms with Gasteiger partial charge in [-0.05, 0) is 31.2 Å². The van der Waals surface area contributed by atoms with Crippen LogP contribution in [0.2, 0.25) is 0 Å². The molecule has 0 aliphatic rings. The molecule has 25 heavy (non-hydrogen) atoms. The minimum Gasteiger partial charge on any atom is -0.467 e. The van der Waals surface area contributed by atoms with Crippen LogP contribution in [0.4, 0.5) is 0 Å². The second kappa shape index (κ2) is 7.57. The van der Waals surface area contributed by atoms with Gasteiger partial charge in [-0.2, -0.15) is 0 Å². The number of hydrogen-bond donors (Lipinski definition) is 0. The van der Waals surface area contributed by atoms with E-state index in [0.29, 0.717) is 29.1 Å². The van der Waals surface area contributed by atoms with Gasteiger partial charge in [0.05, 0.1) is 29.5 Å². The van der Waals surface area contributed by atoms with Crippen LogP contribution in [0.15, 0.2) is 57.0 Å². The van der Waals surface area contributed by atoms with Crippen molar-refractivity contribution in [3.8, 4) is 0 Å². The molecule has 0 aliphatic carbocycles. The Kier molecular flexibility index (Phi) is 5.23. The number of furan rings is 1. The SMILES string of the molecule is CCn1c(SCC(=O)N(C)Cc2ccco2)nc2ccccc2c1=O. The van der Waals surface area contributed by atoms with Crippen molar-refractivity contribution in [3.05, 3.63) is 58.8 Å². The Balaban J connectivity index is 1.76. The highest BCUT2D eigenvalue weighted by Crippen LogP contribution is 2.18. The van der Waals surface area contributed by atoms with Crippen molar-refractivity contribution < 1.29 is 9.21 Å². The molecular weight excluding hydrogens is 338 g/mol. The molecule has 1 amide bonds. The molecule has 130 valence electrons. The maximum Gasteiger partial charge on any atom is 0.262 e. The predicted octanol–water partition coefficient (Wildman–Crippen LogP) is 2.76. The van der Waals surface area contributed by atoms with Crippen LogP contribution in [0.1, 0.15) is 12.7 Å². The molecule has 2 aromatic heterocycles. The number of amides is 1. The summed E-state index contributed by atoms with van der Waals surface area (Å²) in [5, 5.41) is 1.15. The van der Waals surface area contributed by atoms with Gasteiger partial charge in [0.2, 0.25) is 5.91 Å². The van der Waals surface area contributed by atoms with E-state index < -0.39 is 0 Å². The quantitative estimate of drug-likeness (QED) is 0.501. The van der Waals surface area contributed by atoms with Crippen molar-refractivity contribution in [2.45, 2.75) is 25.2 Å². The summed E-state index contributed by atoms with van der Waals surface area (Å²) in [4.78, 5) is 31.1. The van der Waals surface area contributed by atoms with E-state index in [9.17, 15) is 9.59 Å². The van der Waals surface area contributed by atoms with Gasteiger partial charge in [0.1, 0.15) is 5.76 Å². The summed E-state index contributed by atoms with van der Waals surface area (Å²) in [6, 6.07) is 10.9. The van der Waals surface area contributed by atoms with Crippen molar-refractivity contribution in [1.82, 2.24) is 14.5 Å². The number of nitrogens with zero attached hydrogens (tertiary/aromatic N) is 3. The molecule has 0 bridgehead atoms. The molecule has 0 saturated heterocycles. The second-order valence-corrected chi connectivity index (χ2v) is 6.52. The highest BCUT2D eigenvalue weighted by Gasteiger charge is 2.15. The van der Waals surface area contributed by atoms with Gasteiger partial charge in [-0.25, -0.2) is 4.98 Å². The number of para-hydroxylation sites is 1. The molecule has 6 nitrogen and oxygen atoms in total. The monoisotopic (exact) mass is 357 g/mol. The Hall–Kier alpha value is -2.54. The van der Waals surface area contributed by atoms with Crippen LogP contribution < -0.4 is 5.56 Å². The van der Waals surface area contributed by atoms with Crippen LogP contribution in [0.5, 0.6) is 0 Å². The van der Waals surface area contributed by atoms with Gasteiger partial charge in [0.25, 0.3) is 5.56 Å². The molecule has 3 rings (SSSR count). The number of fused-ring (bicyclic) bond motifs is 1. The first-order valence-electron chi connectivity index (χ1n) is 7.99. The lowest BCUT2D eigenvalue weighted by molar-refractivity contribution is -0.127. The number of carbonyl (C=O) groups is 1. The molecular formula is C18H19N3O3S. The predicted molar refractivity (Wildman–Crippen MR) is 97.6 cm³/mol. The molecule has 0 aliphatic heterocycles. The van der Waals surface area contributed by atoms with Gasteiger partial charge in [0.15, 0.2) is 5.16 Å². The van der Waals surface area contributed by atoms with E-state index in [1.807, 2.05) is 31.2 Å². The Morgan fingerprint density at radius 2 is 2.08 bits per heavy atom. The van der Waals surface area contributed by atoms with E-state index in [0.717, 1.165) is 5.76 Å². The topological polar surface area (TPSA) is 68.3 Å². The summed E-state index contributed by atoms with van der Waals surface area (Å²) in [5.41, 5.74) is 0.572. The molecule has 1 aromatic carbocycles. The Labute approximate surface area is 149 Å². The first-order chi connectivity index (χ1) is 12.1. The lowest BCUT2D eigenvalue weighted by Crippen LogP contribution is -2.28. The summed E-state index contributed by atoms with van der Waals surface area (Å²) in [5.74, 6) is 0.892. The fraction of sp³-hybridized carbons (Fsp3) is 0.278. The van der Waals surface area contributed by atoms with Gasteiger partial charge in [-0.15, -0.1) is 0 Å². The molecule has 0 unspecified atom stereocenters. The third-order valence-electron chi connectivity index (χ3n) is 3.87. The van der Waals surface area contributed by atoms with Gasteiger partial charge < -0.3 is 9.32 Å². The molecule has 0 fully saturated rings. The lowest BCUT2D eigenvalue weighted by atomic mass is 10.2. The van der Waals surface area contributed by atoms with E-state index in [1.165, 1.54) is 11.8 Å². The van der Waals surface area contributed by atoms with Gasteiger partial charge >= 0.3 is 0 Å². The largest absolute Gasteiger partial charge is 0.467 e. The number of rotatable bonds is 6. The third-order valence-corrected chi connectivity index (χ3v) is 4.83. The number of hydrogen-bond acceptors (Lipinski definition) is 5. The summed E-state index contributed by atoms with van der Waals surface area (Å²) in [6.07, 6.45) is 1.58. The molecule has 0 spiro atoms. The standard InChI is InChI=1S/C18H19N3O3S/c1-3-21-17(23)14-8-4-5-9-15(14)19-18(21)25-12-16(22)20(2)11-13-7-6-10-24-13/h4-10H,3,11-12H2,1-2H3. The summed E-state index contributed by atoms with van der Waals surface area (Å²) in [7, 11) is 1.73. The summed E-state index contributed by atoms with van der Waals surface area (Å²) < 4.78 is 6.86. The van der Waals surface area contributed by atoms with Crippen molar-refractivity contribution in [2.24, 2.45) is 0 Å². The number of carbonyl (C=O) groups excluding carboxylic acids is 1. The zero-order chi connectivity index (χ0) is 17.8. The Bertz CT molecular complexity index is 934. The van der Waals surface area contributed by atoms with Crippen LogP contribution in [0, 0.1) is 0 Å². The Morgan fingerprint density at radius 3 is 2.80 bits per heavy atom. The first kappa shape index (κ1) is 17.3. The Morgan fingerprint density at radius 1 is 1.28 bits per heavy atom. The fourth-order valence-corrected chi connectivity index (χ4v) is 3.50. The van der Waals surface area contributed by atoms with Gasteiger partial charge in [-0.1, -0.05) is 23.9 Å². The third kappa shape index (κ3) is 3.76. The zero-order valence-electron chi connectivity index (χ0n) is 14.1. The molecule has 0 N–H and O–H groups in total. The molecule has 0 saturated carbocycles. The smallest absolute Gasteiger partial charge is 0.262 e. The maximum absolute atomic E-state index is 12.6. The normalized spacial score (nSPS) is 11.0.